The molecule has 4 nitrogen and oxygen atoms in total. The molecule has 1 heterocycles. The first kappa shape index (κ1) is 11.3. The second-order valence-electron chi connectivity index (χ2n) is 3.67. The maximum absolute atomic E-state index is 10.5. The van der Waals surface area contributed by atoms with Gasteiger partial charge in [-0.05, 0) is 36.8 Å². The third kappa shape index (κ3) is 2.30. The average molecular weight is 228 g/mol. The summed E-state index contributed by atoms with van der Waals surface area (Å²) in [5.74, 6) is 0.748. The molecule has 0 bridgehead atoms. The maximum atomic E-state index is 10.5. The van der Waals surface area contributed by atoms with Gasteiger partial charge in [0.05, 0.1) is 12.8 Å². The van der Waals surface area contributed by atoms with Gasteiger partial charge >= 0.3 is 0 Å². The fraction of sp³-hybridized carbons (Fsp3) is 0.154. The fourth-order valence-electron chi connectivity index (χ4n) is 1.56. The van der Waals surface area contributed by atoms with Crippen LogP contribution in [0, 0.1) is 6.92 Å². The van der Waals surface area contributed by atoms with Crippen molar-refractivity contribution >= 4 is 6.29 Å². The minimum absolute atomic E-state index is 0.319. The van der Waals surface area contributed by atoms with Crippen molar-refractivity contribution in [3.8, 4) is 17.0 Å². The predicted molar refractivity (Wildman–Crippen MR) is 64.1 cm³/mol. The quantitative estimate of drug-likeness (QED) is 0.756. The summed E-state index contributed by atoms with van der Waals surface area (Å²) in [6, 6.07) is 9.23. The van der Waals surface area contributed by atoms with E-state index in [1.807, 2.05) is 25.1 Å². The van der Waals surface area contributed by atoms with Crippen molar-refractivity contribution in [3.63, 3.8) is 0 Å². The van der Waals surface area contributed by atoms with E-state index in [-0.39, 0.29) is 0 Å². The van der Waals surface area contributed by atoms with Crippen LogP contribution in [0.3, 0.4) is 0 Å². The number of carbonyl (C=O) groups excluding carboxylic acids is 1. The van der Waals surface area contributed by atoms with E-state index in [0.29, 0.717) is 17.7 Å². The van der Waals surface area contributed by atoms with E-state index in [4.69, 9.17) is 4.74 Å². The zero-order chi connectivity index (χ0) is 12.3. The van der Waals surface area contributed by atoms with Crippen LogP contribution in [0.15, 0.2) is 30.3 Å². The summed E-state index contributed by atoms with van der Waals surface area (Å²) in [5.41, 5.74) is 2.98. The lowest BCUT2D eigenvalue weighted by atomic mass is 10.1. The molecule has 2 rings (SSSR count). The zero-order valence-corrected chi connectivity index (χ0v) is 9.68. The summed E-state index contributed by atoms with van der Waals surface area (Å²) in [4.78, 5) is 10.5. The summed E-state index contributed by atoms with van der Waals surface area (Å²) in [5, 5.41) is 7.79. The van der Waals surface area contributed by atoms with Gasteiger partial charge in [0.25, 0.3) is 0 Å². The average Bonchev–Trinajstić information content (AvgIpc) is 2.39. The molecule has 4 heteroatoms. The number of aryl methyl sites for hydroxylation is 1. The first-order valence-corrected chi connectivity index (χ1v) is 5.18. The smallest absolute Gasteiger partial charge is 0.170 e. The molecular weight excluding hydrogens is 216 g/mol. The van der Waals surface area contributed by atoms with Crippen LogP contribution in [0.1, 0.15) is 16.1 Å². The van der Waals surface area contributed by atoms with Crippen LogP contribution >= 0.6 is 0 Å². The molecule has 17 heavy (non-hydrogen) atoms. The fourth-order valence-corrected chi connectivity index (χ4v) is 1.56. The van der Waals surface area contributed by atoms with E-state index in [0.717, 1.165) is 16.9 Å². The summed E-state index contributed by atoms with van der Waals surface area (Å²) in [7, 11) is 1.62. The highest BCUT2D eigenvalue weighted by Crippen LogP contribution is 2.28. The van der Waals surface area contributed by atoms with Crippen molar-refractivity contribution in [3.05, 3.63) is 41.6 Å². The van der Waals surface area contributed by atoms with Crippen molar-refractivity contribution in [2.75, 3.05) is 7.11 Å². The molecular formula is C13H12N2O2. The molecule has 0 saturated carbocycles. The molecule has 0 saturated heterocycles. The van der Waals surface area contributed by atoms with Crippen molar-refractivity contribution in [2.24, 2.45) is 0 Å². The van der Waals surface area contributed by atoms with Crippen molar-refractivity contribution < 1.29 is 9.53 Å². The van der Waals surface area contributed by atoms with Crippen LogP contribution in [0.25, 0.3) is 11.3 Å². The van der Waals surface area contributed by atoms with Crippen LogP contribution in [0.5, 0.6) is 5.75 Å². The Balaban J connectivity index is 2.48. The minimum Gasteiger partial charge on any atom is -0.496 e. The Morgan fingerprint density at radius 3 is 2.59 bits per heavy atom. The van der Waals surface area contributed by atoms with Gasteiger partial charge in [0.2, 0.25) is 0 Å². The summed E-state index contributed by atoms with van der Waals surface area (Å²) < 4.78 is 5.30. The Morgan fingerprint density at radius 2 is 2.00 bits per heavy atom. The number of ether oxygens (including phenoxy) is 1. The largest absolute Gasteiger partial charge is 0.496 e. The monoisotopic (exact) mass is 228 g/mol. The number of rotatable bonds is 3. The van der Waals surface area contributed by atoms with Gasteiger partial charge in [0.15, 0.2) is 6.29 Å². The Morgan fingerprint density at radius 1 is 1.18 bits per heavy atom. The van der Waals surface area contributed by atoms with Crippen molar-refractivity contribution in [1.82, 2.24) is 10.2 Å². The van der Waals surface area contributed by atoms with Crippen molar-refractivity contribution in [1.29, 1.82) is 0 Å². The zero-order valence-electron chi connectivity index (χ0n) is 9.68. The van der Waals surface area contributed by atoms with E-state index >= 15 is 0 Å². The number of methoxy groups -OCH3 is 1. The number of nitrogens with zero attached hydrogens (tertiary/aromatic N) is 2. The molecule has 0 amide bonds. The van der Waals surface area contributed by atoms with Crippen molar-refractivity contribution in [2.45, 2.75) is 6.92 Å². The van der Waals surface area contributed by atoms with Crippen LogP contribution < -0.4 is 4.74 Å². The van der Waals surface area contributed by atoms with E-state index in [9.17, 15) is 4.79 Å². The first-order valence-electron chi connectivity index (χ1n) is 5.18. The predicted octanol–water partition coefficient (Wildman–Crippen LogP) is 2.27. The lowest BCUT2D eigenvalue weighted by Gasteiger charge is -2.08. The highest BCUT2D eigenvalue weighted by molar-refractivity contribution is 5.73. The number of hydrogen-bond donors (Lipinski definition) is 0. The molecule has 0 atom stereocenters. The molecule has 0 aliphatic rings. The second-order valence-corrected chi connectivity index (χ2v) is 3.67. The highest BCUT2D eigenvalue weighted by Gasteiger charge is 2.07. The Hall–Kier alpha value is -2.23. The lowest BCUT2D eigenvalue weighted by molar-refractivity contribution is 0.111. The molecule has 0 unspecified atom stereocenters. The minimum atomic E-state index is 0.319. The molecule has 0 radical (unpaired) electrons. The number of aromatic nitrogens is 2. The molecule has 0 aliphatic carbocycles. The first-order chi connectivity index (χ1) is 8.24. The molecule has 1 aromatic heterocycles. The van der Waals surface area contributed by atoms with Gasteiger partial charge in [-0.2, -0.15) is 0 Å². The molecule has 0 spiro atoms. The van der Waals surface area contributed by atoms with Crippen LogP contribution in [0.4, 0.5) is 0 Å². The molecule has 2 aromatic rings. The molecule has 86 valence electrons. The third-order valence-electron chi connectivity index (χ3n) is 2.44. The van der Waals surface area contributed by atoms with Gasteiger partial charge in [0.1, 0.15) is 11.4 Å². The summed E-state index contributed by atoms with van der Waals surface area (Å²) >= 11 is 0. The molecule has 0 aliphatic heterocycles. The Kier molecular flexibility index (Phi) is 3.14. The van der Waals surface area contributed by atoms with Gasteiger partial charge in [0, 0.05) is 5.56 Å². The Bertz CT molecular complexity index is 536. The highest BCUT2D eigenvalue weighted by atomic mass is 16.5. The number of hydrogen-bond acceptors (Lipinski definition) is 4. The lowest BCUT2D eigenvalue weighted by Crippen LogP contribution is -1.95. The summed E-state index contributed by atoms with van der Waals surface area (Å²) in [6.45, 7) is 1.99. The normalized spacial score (nSPS) is 10.0. The van der Waals surface area contributed by atoms with Gasteiger partial charge in [-0.25, -0.2) is 0 Å². The van der Waals surface area contributed by atoms with Gasteiger partial charge in [-0.3, -0.25) is 4.79 Å². The maximum Gasteiger partial charge on any atom is 0.170 e. The van der Waals surface area contributed by atoms with Gasteiger partial charge in [-0.15, -0.1) is 10.2 Å². The third-order valence-corrected chi connectivity index (χ3v) is 2.44. The van der Waals surface area contributed by atoms with Gasteiger partial charge in [-0.1, -0.05) is 6.07 Å². The van der Waals surface area contributed by atoms with Gasteiger partial charge < -0.3 is 4.74 Å². The number of benzene rings is 1. The SMILES string of the molecule is COc1cc(C)ccc1-c1ccc(C=O)nn1. The van der Waals surface area contributed by atoms with E-state index in [1.165, 1.54) is 0 Å². The number of carbonyl (C=O) groups is 1. The standard InChI is InChI=1S/C13H12N2O2/c1-9-3-5-11(13(7-9)17-2)12-6-4-10(8-16)14-15-12/h3-8H,1-2H3. The number of aldehydes is 1. The van der Waals surface area contributed by atoms with Crippen LogP contribution in [0.2, 0.25) is 0 Å². The van der Waals surface area contributed by atoms with Crippen LogP contribution in [-0.4, -0.2) is 23.6 Å². The molecule has 0 fully saturated rings. The van der Waals surface area contributed by atoms with Crippen LogP contribution in [-0.2, 0) is 0 Å². The topological polar surface area (TPSA) is 52.1 Å². The van der Waals surface area contributed by atoms with E-state index in [2.05, 4.69) is 10.2 Å². The molecule has 1 aromatic carbocycles. The second kappa shape index (κ2) is 4.74. The van der Waals surface area contributed by atoms with E-state index < -0.39 is 0 Å². The molecule has 0 N–H and O–H groups in total. The van der Waals surface area contributed by atoms with E-state index in [1.54, 1.807) is 19.2 Å². The Labute approximate surface area is 99.3 Å². The summed E-state index contributed by atoms with van der Waals surface area (Å²) in [6.07, 6.45) is 0.670.